The first-order valence-electron chi connectivity index (χ1n) is 9.25. The van der Waals surface area contributed by atoms with Crippen molar-refractivity contribution >= 4 is 17.6 Å². The molecule has 7 heteroatoms. The number of carboxylic acid groups (broad SMARTS) is 1. The summed E-state index contributed by atoms with van der Waals surface area (Å²) in [7, 11) is 1.66. The Labute approximate surface area is 159 Å². The molecule has 0 bridgehead atoms. The van der Waals surface area contributed by atoms with Crippen LogP contribution in [0.3, 0.4) is 0 Å². The van der Waals surface area contributed by atoms with Gasteiger partial charge in [0.05, 0.1) is 13.0 Å². The van der Waals surface area contributed by atoms with Crippen LogP contribution in [0, 0.1) is 12.8 Å². The molecule has 0 saturated carbocycles. The second kappa shape index (κ2) is 8.70. The molecule has 0 amide bonds. The fraction of sp³-hybridized carbons (Fsp3) is 0.450. The molecule has 3 rings (SSSR count). The average Bonchev–Trinajstić information content (AvgIpc) is 2.68. The number of hydrogen-bond donors (Lipinski definition) is 2. The van der Waals surface area contributed by atoms with E-state index in [1.807, 2.05) is 25.1 Å². The van der Waals surface area contributed by atoms with Gasteiger partial charge in [-0.25, -0.2) is 9.97 Å². The number of carbonyl (C=O) groups is 1. The molecular formula is C20H26N4O3. The molecule has 0 spiro atoms. The van der Waals surface area contributed by atoms with Crippen LogP contribution < -0.4 is 15.0 Å². The molecule has 1 aliphatic rings. The van der Waals surface area contributed by atoms with Gasteiger partial charge in [0.25, 0.3) is 0 Å². The summed E-state index contributed by atoms with van der Waals surface area (Å²) in [6.07, 6.45) is 2.18. The molecule has 0 radical (unpaired) electrons. The normalized spacial score (nSPS) is 14.8. The van der Waals surface area contributed by atoms with Crippen LogP contribution in [0.4, 0.5) is 11.6 Å². The Hall–Kier alpha value is -2.83. The largest absolute Gasteiger partial charge is 0.497 e. The van der Waals surface area contributed by atoms with Gasteiger partial charge in [-0.1, -0.05) is 12.1 Å². The van der Waals surface area contributed by atoms with Crippen molar-refractivity contribution in [3.05, 3.63) is 41.7 Å². The smallest absolute Gasteiger partial charge is 0.306 e. The van der Waals surface area contributed by atoms with Crippen molar-refractivity contribution in [2.45, 2.75) is 26.2 Å². The Bertz CT molecular complexity index is 771. The van der Waals surface area contributed by atoms with Gasteiger partial charge in [-0.15, -0.1) is 0 Å². The van der Waals surface area contributed by atoms with E-state index in [2.05, 4.69) is 32.3 Å². The molecule has 0 unspecified atom stereocenters. The van der Waals surface area contributed by atoms with E-state index in [4.69, 9.17) is 9.84 Å². The summed E-state index contributed by atoms with van der Waals surface area (Å²) in [5, 5.41) is 12.5. The average molecular weight is 370 g/mol. The molecular weight excluding hydrogens is 344 g/mol. The highest BCUT2D eigenvalue weighted by Crippen LogP contribution is 2.23. The lowest BCUT2D eigenvalue weighted by Gasteiger charge is -2.31. The van der Waals surface area contributed by atoms with Crippen LogP contribution in [0.25, 0.3) is 0 Å². The van der Waals surface area contributed by atoms with Gasteiger partial charge < -0.3 is 20.1 Å². The molecule has 144 valence electrons. The number of aromatic nitrogens is 2. The van der Waals surface area contributed by atoms with Gasteiger partial charge in [0, 0.05) is 25.7 Å². The molecule has 2 aromatic rings. The monoisotopic (exact) mass is 370 g/mol. The van der Waals surface area contributed by atoms with Crippen LogP contribution >= 0.6 is 0 Å². The van der Waals surface area contributed by atoms with Crippen LogP contribution in [0.5, 0.6) is 5.75 Å². The summed E-state index contributed by atoms with van der Waals surface area (Å²) >= 11 is 0. The summed E-state index contributed by atoms with van der Waals surface area (Å²) in [5.74, 6) is 2.28. The fourth-order valence-electron chi connectivity index (χ4n) is 3.29. The maximum Gasteiger partial charge on any atom is 0.306 e. The van der Waals surface area contributed by atoms with Crippen molar-refractivity contribution in [2.24, 2.45) is 5.92 Å². The molecule has 1 aliphatic heterocycles. The summed E-state index contributed by atoms with van der Waals surface area (Å²) in [6, 6.07) is 9.99. The predicted octanol–water partition coefficient (Wildman–Crippen LogP) is 2.75. The first-order chi connectivity index (χ1) is 13.0. The van der Waals surface area contributed by atoms with Crippen LogP contribution in [0.2, 0.25) is 0 Å². The molecule has 0 aliphatic carbocycles. The second-order valence-electron chi connectivity index (χ2n) is 6.78. The molecule has 7 nitrogen and oxygen atoms in total. The van der Waals surface area contributed by atoms with E-state index in [1.165, 1.54) is 5.56 Å². The zero-order chi connectivity index (χ0) is 19.2. The number of methoxy groups -OCH3 is 1. The number of nitrogens with zero attached hydrogens (tertiary/aromatic N) is 3. The molecule has 1 aromatic heterocycles. The van der Waals surface area contributed by atoms with Gasteiger partial charge >= 0.3 is 5.97 Å². The van der Waals surface area contributed by atoms with Crippen molar-refractivity contribution < 1.29 is 14.6 Å². The minimum absolute atomic E-state index is 0.244. The van der Waals surface area contributed by atoms with Crippen LogP contribution in [-0.4, -0.2) is 47.8 Å². The van der Waals surface area contributed by atoms with E-state index in [0.29, 0.717) is 31.8 Å². The first-order valence-corrected chi connectivity index (χ1v) is 9.25. The fourth-order valence-corrected chi connectivity index (χ4v) is 3.29. The minimum atomic E-state index is -0.700. The van der Waals surface area contributed by atoms with Crippen LogP contribution in [-0.2, 0) is 11.2 Å². The van der Waals surface area contributed by atoms with E-state index in [-0.39, 0.29) is 5.92 Å². The lowest BCUT2D eigenvalue weighted by Crippen LogP contribution is -2.37. The van der Waals surface area contributed by atoms with Gasteiger partial charge in [0.1, 0.15) is 23.2 Å². The second-order valence-corrected chi connectivity index (χ2v) is 6.78. The third-order valence-corrected chi connectivity index (χ3v) is 4.87. The molecule has 0 atom stereocenters. The SMILES string of the molecule is COc1ccc(CCNc2cc(N3CCC(C(=O)O)CC3)nc(C)n2)cc1. The van der Waals surface area contributed by atoms with Gasteiger partial charge in [-0.05, 0) is 43.9 Å². The molecule has 1 saturated heterocycles. The summed E-state index contributed by atoms with van der Waals surface area (Å²) in [4.78, 5) is 22.3. The number of carboxylic acids is 1. The van der Waals surface area contributed by atoms with E-state index >= 15 is 0 Å². The van der Waals surface area contributed by atoms with Crippen molar-refractivity contribution in [1.82, 2.24) is 9.97 Å². The van der Waals surface area contributed by atoms with Gasteiger partial charge in [0.2, 0.25) is 0 Å². The van der Waals surface area contributed by atoms with Gasteiger partial charge in [-0.2, -0.15) is 0 Å². The van der Waals surface area contributed by atoms with Crippen molar-refractivity contribution in [1.29, 1.82) is 0 Å². The van der Waals surface area contributed by atoms with Crippen molar-refractivity contribution in [3.63, 3.8) is 0 Å². The van der Waals surface area contributed by atoms with E-state index in [9.17, 15) is 4.79 Å². The molecule has 27 heavy (non-hydrogen) atoms. The molecule has 2 N–H and O–H groups in total. The standard InChI is InChI=1S/C20H26N4O3/c1-14-22-18(21-10-7-15-3-5-17(27-2)6-4-15)13-19(23-14)24-11-8-16(9-12-24)20(25)26/h3-6,13,16H,7-12H2,1-2H3,(H,25,26)(H,21,22,23). The quantitative estimate of drug-likeness (QED) is 0.775. The number of hydrogen-bond acceptors (Lipinski definition) is 6. The highest BCUT2D eigenvalue weighted by Gasteiger charge is 2.25. The Kier molecular flexibility index (Phi) is 6.11. The zero-order valence-corrected chi connectivity index (χ0v) is 15.8. The van der Waals surface area contributed by atoms with E-state index < -0.39 is 5.97 Å². The van der Waals surface area contributed by atoms with Gasteiger partial charge in [-0.3, -0.25) is 4.79 Å². The lowest BCUT2D eigenvalue weighted by molar-refractivity contribution is -0.142. The predicted molar refractivity (Wildman–Crippen MR) is 105 cm³/mol. The number of nitrogens with one attached hydrogen (secondary N) is 1. The number of piperidine rings is 1. The molecule has 1 fully saturated rings. The number of benzene rings is 1. The third-order valence-electron chi connectivity index (χ3n) is 4.87. The molecule has 2 heterocycles. The zero-order valence-electron chi connectivity index (χ0n) is 15.8. The maximum absolute atomic E-state index is 11.1. The third kappa shape index (κ3) is 5.09. The van der Waals surface area contributed by atoms with Crippen LogP contribution in [0.1, 0.15) is 24.2 Å². The summed E-state index contributed by atoms with van der Waals surface area (Å²) in [5.41, 5.74) is 1.23. The Morgan fingerprint density at radius 1 is 1.26 bits per heavy atom. The Balaban J connectivity index is 1.57. The van der Waals surface area contributed by atoms with E-state index in [1.54, 1.807) is 7.11 Å². The number of aliphatic carboxylic acids is 1. The number of rotatable bonds is 7. The highest BCUT2D eigenvalue weighted by atomic mass is 16.5. The lowest BCUT2D eigenvalue weighted by atomic mass is 9.97. The number of aryl methyl sites for hydroxylation is 1. The Morgan fingerprint density at radius 3 is 2.59 bits per heavy atom. The summed E-state index contributed by atoms with van der Waals surface area (Å²) < 4.78 is 5.18. The van der Waals surface area contributed by atoms with Crippen LogP contribution in [0.15, 0.2) is 30.3 Å². The highest BCUT2D eigenvalue weighted by molar-refractivity contribution is 5.70. The topological polar surface area (TPSA) is 87.6 Å². The maximum atomic E-state index is 11.1. The summed E-state index contributed by atoms with van der Waals surface area (Å²) in [6.45, 7) is 4.06. The van der Waals surface area contributed by atoms with Crippen molar-refractivity contribution in [3.8, 4) is 5.75 Å². The first kappa shape index (κ1) is 18.9. The minimum Gasteiger partial charge on any atom is -0.497 e. The van der Waals surface area contributed by atoms with E-state index in [0.717, 1.165) is 30.4 Å². The van der Waals surface area contributed by atoms with Gasteiger partial charge in [0.15, 0.2) is 0 Å². The number of anilines is 2. The number of ether oxygens (including phenoxy) is 1. The Morgan fingerprint density at radius 2 is 1.96 bits per heavy atom. The molecule has 1 aromatic carbocycles. The van der Waals surface area contributed by atoms with Crippen molar-refractivity contribution in [2.75, 3.05) is 37.0 Å².